The second-order valence-electron chi connectivity index (χ2n) is 9.95. The Hall–Kier alpha value is -0.790. The zero-order valence-corrected chi connectivity index (χ0v) is 16.0. The van der Waals surface area contributed by atoms with E-state index >= 15 is 0 Å². The maximum Gasteiger partial charge on any atom is 0.302 e. The first-order chi connectivity index (χ1) is 11.3. The van der Waals surface area contributed by atoms with Crippen molar-refractivity contribution in [2.75, 3.05) is 6.61 Å². The van der Waals surface area contributed by atoms with Crippen LogP contribution in [0.3, 0.4) is 0 Å². The lowest BCUT2D eigenvalue weighted by Gasteiger charge is -2.65. The van der Waals surface area contributed by atoms with Crippen molar-refractivity contribution >= 4 is 5.97 Å². The molecule has 2 bridgehead atoms. The fourth-order valence-electron chi connectivity index (χ4n) is 7.74. The first kappa shape index (κ1) is 16.7. The Bertz CT molecular complexity index is 579. The summed E-state index contributed by atoms with van der Waals surface area (Å²) in [5, 5.41) is 0. The van der Waals surface area contributed by atoms with Crippen LogP contribution < -0.4 is 0 Å². The molecule has 6 atom stereocenters. The second kappa shape index (κ2) is 5.35. The van der Waals surface area contributed by atoms with Crippen LogP contribution in [-0.2, 0) is 9.53 Å². The van der Waals surface area contributed by atoms with Crippen molar-refractivity contribution in [2.24, 2.45) is 34.0 Å². The molecule has 0 aliphatic heterocycles. The van der Waals surface area contributed by atoms with E-state index in [1.807, 2.05) is 0 Å². The van der Waals surface area contributed by atoms with Gasteiger partial charge in [-0.2, -0.15) is 0 Å². The van der Waals surface area contributed by atoms with Gasteiger partial charge in [0.25, 0.3) is 0 Å². The molecule has 3 saturated carbocycles. The Balaban J connectivity index is 1.70. The van der Waals surface area contributed by atoms with E-state index in [4.69, 9.17) is 4.74 Å². The molecule has 3 fully saturated rings. The van der Waals surface area contributed by atoms with Gasteiger partial charge in [-0.15, -0.1) is 0 Å². The van der Waals surface area contributed by atoms with Crippen molar-refractivity contribution in [2.45, 2.75) is 79.1 Å². The Morgan fingerprint density at radius 1 is 1.21 bits per heavy atom. The number of rotatable bonds is 2. The molecule has 0 aromatic rings. The molecule has 2 heteroatoms. The Labute approximate surface area is 147 Å². The molecule has 0 heterocycles. The molecule has 0 unspecified atom stereocenters. The number of carbonyl (C=O) groups is 1. The summed E-state index contributed by atoms with van der Waals surface area (Å²) in [6, 6.07) is 0. The van der Waals surface area contributed by atoms with E-state index in [1.54, 1.807) is 12.5 Å². The Morgan fingerprint density at radius 2 is 2.00 bits per heavy atom. The number of hydrogen-bond donors (Lipinski definition) is 0. The maximum atomic E-state index is 11.4. The van der Waals surface area contributed by atoms with Crippen molar-refractivity contribution in [3.63, 3.8) is 0 Å². The third kappa shape index (κ3) is 2.10. The lowest BCUT2D eigenvalue weighted by Crippen LogP contribution is -2.59. The van der Waals surface area contributed by atoms with E-state index in [9.17, 15) is 4.79 Å². The van der Waals surface area contributed by atoms with E-state index < -0.39 is 0 Å². The molecule has 0 N–H and O–H groups in total. The minimum absolute atomic E-state index is 0.118. The summed E-state index contributed by atoms with van der Waals surface area (Å²) >= 11 is 0. The molecule has 0 aromatic heterocycles. The fourth-order valence-corrected chi connectivity index (χ4v) is 7.74. The van der Waals surface area contributed by atoms with Gasteiger partial charge in [0.15, 0.2) is 0 Å². The van der Waals surface area contributed by atoms with Crippen LogP contribution in [0.25, 0.3) is 0 Å². The number of carbonyl (C=O) groups excluding carboxylic acids is 1. The smallest absolute Gasteiger partial charge is 0.302 e. The monoisotopic (exact) mass is 330 g/mol. The van der Waals surface area contributed by atoms with Gasteiger partial charge in [-0.1, -0.05) is 31.9 Å². The van der Waals surface area contributed by atoms with E-state index in [0.717, 1.165) is 11.8 Å². The van der Waals surface area contributed by atoms with Gasteiger partial charge >= 0.3 is 5.97 Å². The molecule has 0 aromatic carbocycles. The third-order valence-corrected chi connectivity index (χ3v) is 8.93. The first-order valence-corrected chi connectivity index (χ1v) is 10.1. The van der Waals surface area contributed by atoms with Gasteiger partial charge < -0.3 is 4.74 Å². The normalized spacial score (nSPS) is 49.8. The van der Waals surface area contributed by atoms with Crippen molar-refractivity contribution < 1.29 is 9.53 Å². The van der Waals surface area contributed by atoms with Gasteiger partial charge in [-0.25, -0.2) is 0 Å². The molecule has 4 rings (SSSR count). The lowest BCUT2D eigenvalue weighted by molar-refractivity contribution is -0.176. The average molecular weight is 331 g/mol. The van der Waals surface area contributed by atoms with Crippen LogP contribution >= 0.6 is 0 Å². The summed E-state index contributed by atoms with van der Waals surface area (Å²) in [4.78, 5) is 11.4. The van der Waals surface area contributed by atoms with Gasteiger partial charge in [0, 0.05) is 12.3 Å². The minimum Gasteiger partial charge on any atom is -0.465 e. The highest BCUT2D eigenvalue weighted by Gasteiger charge is 2.65. The van der Waals surface area contributed by atoms with Crippen molar-refractivity contribution in [3.8, 4) is 0 Å². The number of esters is 1. The van der Waals surface area contributed by atoms with Gasteiger partial charge in [0.2, 0.25) is 0 Å². The maximum absolute atomic E-state index is 11.4. The molecule has 4 aliphatic rings. The van der Waals surface area contributed by atoms with Crippen LogP contribution in [0.4, 0.5) is 0 Å². The topological polar surface area (TPSA) is 26.3 Å². The SMILES string of the molecule is CC(=O)OC[C@@]1(C)CCC[C@@]2(C)[C@H]1CC[C@H]1C=C(C)[C@@H]3CC[C@@]12C3. The minimum atomic E-state index is -0.118. The van der Waals surface area contributed by atoms with Gasteiger partial charge in [0.05, 0.1) is 6.61 Å². The van der Waals surface area contributed by atoms with Crippen molar-refractivity contribution in [1.82, 2.24) is 0 Å². The van der Waals surface area contributed by atoms with Crippen molar-refractivity contribution in [3.05, 3.63) is 11.6 Å². The molecular formula is C22H34O2. The molecule has 0 saturated heterocycles. The number of fused-ring (bicyclic) bond motifs is 2. The highest BCUT2D eigenvalue weighted by Crippen LogP contribution is 2.73. The van der Waals surface area contributed by atoms with Crippen LogP contribution in [0, 0.1) is 34.0 Å². The third-order valence-electron chi connectivity index (χ3n) is 8.93. The molecule has 0 radical (unpaired) electrons. The van der Waals surface area contributed by atoms with E-state index in [0.29, 0.717) is 23.4 Å². The summed E-state index contributed by atoms with van der Waals surface area (Å²) in [6.45, 7) is 9.58. The molecule has 1 spiro atoms. The highest BCUT2D eigenvalue weighted by atomic mass is 16.5. The predicted molar refractivity (Wildman–Crippen MR) is 96.4 cm³/mol. The highest BCUT2D eigenvalue weighted by molar-refractivity contribution is 5.65. The summed E-state index contributed by atoms with van der Waals surface area (Å²) in [6.07, 6.45) is 13.5. The molecular weight excluding hydrogens is 296 g/mol. The standard InChI is InChI=1S/C22H34O2/c1-15-12-18-6-7-19-20(3,14-24-16(2)23)9-5-10-21(19,4)22(18)11-8-17(15)13-22/h12,17-19H,5-11,13-14H2,1-4H3/t17-,18+,19+,20-,21+,22-/m1/s1. The second-order valence-corrected chi connectivity index (χ2v) is 9.95. The van der Waals surface area contributed by atoms with Crippen molar-refractivity contribution in [1.29, 1.82) is 0 Å². The van der Waals surface area contributed by atoms with Gasteiger partial charge in [-0.3, -0.25) is 4.79 Å². The largest absolute Gasteiger partial charge is 0.465 e. The number of ether oxygens (including phenoxy) is 1. The molecule has 134 valence electrons. The van der Waals surface area contributed by atoms with Crippen LogP contribution in [0.15, 0.2) is 11.6 Å². The van der Waals surface area contributed by atoms with Crippen LogP contribution in [-0.4, -0.2) is 12.6 Å². The van der Waals surface area contributed by atoms with Crippen LogP contribution in [0.1, 0.15) is 79.1 Å². The molecule has 24 heavy (non-hydrogen) atoms. The average Bonchev–Trinajstić information content (AvgIpc) is 2.91. The predicted octanol–water partition coefficient (Wildman–Crippen LogP) is 5.52. The first-order valence-electron chi connectivity index (χ1n) is 10.1. The Morgan fingerprint density at radius 3 is 2.75 bits per heavy atom. The van der Waals surface area contributed by atoms with E-state index in [1.165, 1.54) is 51.4 Å². The van der Waals surface area contributed by atoms with Crippen LogP contribution in [0.5, 0.6) is 0 Å². The van der Waals surface area contributed by atoms with Gasteiger partial charge in [-0.05, 0) is 80.5 Å². The molecule has 0 amide bonds. The van der Waals surface area contributed by atoms with E-state index in [2.05, 4.69) is 26.8 Å². The lowest BCUT2D eigenvalue weighted by atomic mass is 9.39. The fraction of sp³-hybridized carbons (Fsp3) is 0.864. The summed E-state index contributed by atoms with van der Waals surface area (Å²) < 4.78 is 5.56. The molecule has 2 nitrogen and oxygen atoms in total. The summed E-state index contributed by atoms with van der Waals surface area (Å²) in [7, 11) is 0. The van der Waals surface area contributed by atoms with Gasteiger partial charge in [0.1, 0.15) is 0 Å². The summed E-state index contributed by atoms with van der Waals surface area (Å²) in [5.74, 6) is 2.24. The molecule has 4 aliphatic carbocycles. The van der Waals surface area contributed by atoms with E-state index in [-0.39, 0.29) is 11.4 Å². The number of hydrogen-bond acceptors (Lipinski definition) is 2. The van der Waals surface area contributed by atoms with Crippen LogP contribution in [0.2, 0.25) is 0 Å². The quantitative estimate of drug-likeness (QED) is 0.492. The summed E-state index contributed by atoms with van der Waals surface area (Å²) in [5.41, 5.74) is 2.80. The Kier molecular flexibility index (Phi) is 3.72. The zero-order valence-electron chi connectivity index (χ0n) is 16.0. The zero-order chi connectivity index (χ0) is 17.2. The number of allylic oxidation sites excluding steroid dienone is 2.